The number of hydrogen-bond acceptors (Lipinski definition) is 0. The molecular weight excluding hydrogens is 194 g/mol. The van der Waals surface area contributed by atoms with Crippen LogP contribution in [0.3, 0.4) is 0 Å². The average Bonchev–Trinajstić information content (AvgIpc) is 2.31. The van der Waals surface area contributed by atoms with E-state index in [-0.39, 0.29) is 0 Å². The topological polar surface area (TPSA) is 0 Å². The lowest BCUT2D eigenvalue weighted by molar-refractivity contribution is -0.937. The van der Waals surface area contributed by atoms with Gasteiger partial charge in [-0.25, -0.2) is 0 Å². The van der Waals surface area contributed by atoms with E-state index in [1.54, 1.807) is 0 Å². The van der Waals surface area contributed by atoms with Crippen molar-refractivity contribution in [1.29, 1.82) is 0 Å². The van der Waals surface area contributed by atoms with Crippen molar-refractivity contribution in [2.24, 2.45) is 0 Å². The molecule has 0 heterocycles. The van der Waals surface area contributed by atoms with Gasteiger partial charge in [0.2, 0.25) is 0 Å². The molecule has 0 bridgehead atoms. The molecule has 1 rings (SSSR count). The standard InChI is InChI=1S/C15H26N/c1-4-12-16(13-5-2,14-6-3)15-10-8-7-9-11-15/h4-6,15H,1-3,7-14H2/q+1. The van der Waals surface area contributed by atoms with Gasteiger partial charge >= 0.3 is 0 Å². The first-order chi connectivity index (χ1) is 7.79. The van der Waals surface area contributed by atoms with E-state index in [9.17, 15) is 0 Å². The van der Waals surface area contributed by atoms with Crippen molar-refractivity contribution < 1.29 is 4.48 Å². The predicted molar refractivity (Wildman–Crippen MR) is 72.3 cm³/mol. The quantitative estimate of drug-likeness (QED) is 0.453. The average molecular weight is 220 g/mol. The molecule has 16 heavy (non-hydrogen) atoms. The smallest absolute Gasteiger partial charge is 0.0978 e. The van der Waals surface area contributed by atoms with Crippen LogP contribution in [0, 0.1) is 0 Å². The first kappa shape index (κ1) is 13.2. The van der Waals surface area contributed by atoms with Gasteiger partial charge in [-0.15, -0.1) is 0 Å². The normalized spacial score (nSPS) is 18.0. The highest BCUT2D eigenvalue weighted by atomic mass is 15.4. The Morgan fingerprint density at radius 3 is 1.62 bits per heavy atom. The SMILES string of the molecule is C=CC[N+](CC=C)(CC=C)C1CCCCC1. The summed E-state index contributed by atoms with van der Waals surface area (Å²) in [5.74, 6) is 0. The van der Waals surface area contributed by atoms with Gasteiger partial charge in [0.25, 0.3) is 0 Å². The Morgan fingerprint density at radius 2 is 1.25 bits per heavy atom. The van der Waals surface area contributed by atoms with E-state index < -0.39 is 0 Å². The molecule has 0 saturated heterocycles. The van der Waals surface area contributed by atoms with Gasteiger partial charge in [-0.05, 0) is 43.9 Å². The largest absolute Gasteiger partial charge is 0.311 e. The minimum Gasteiger partial charge on any atom is -0.311 e. The summed E-state index contributed by atoms with van der Waals surface area (Å²) >= 11 is 0. The summed E-state index contributed by atoms with van der Waals surface area (Å²) in [4.78, 5) is 0. The number of hydrogen-bond donors (Lipinski definition) is 0. The minimum atomic E-state index is 0.780. The molecule has 0 aromatic rings. The first-order valence-electron chi connectivity index (χ1n) is 6.47. The van der Waals surface area contributed by atoms with Crippen LogP contribution in [0.15, 0.2) is 38.0 Å². The molecule has 0 radical (unpaired) electrons. The number of nitrogens with zero attached hydrogens (tertiary/aromatic N) is 1. The van der Waals surface area contributed by atoms with Crippen LogP contribution in [0.2, 0.25) is 0 Å². The minimum absolute atomic E-state index is 0.780. The third kappa shape index (κ3) is 3.08. The van der Waals surface area contributed by atoms with Crippen LogP contribution < -0.4 is 0 Å². The summed E-state index contributed by atoms with van der Waals surface area (Å²) < 4.78 is 1.09. The van der Waals surface area contributed by atoms with Gasteiger partial charge in [-0.2, -0.15) is 0 Å². The fourth-order valence-electron chi connectivity index (χ4n) is 3.07. The summed E-state index contributed by atoms with van der Waals surface area (Å²) in [6, 6.07) is 0.780. The fourth-order valence-corrected chi connectivity index (χ4v) is 3.07. The summed E-state index contributed by atoms with van der Waals surface area (Å²) in [7, 11) is 0. The molecule has 1 heteroatoms. The van der Waals surface area contributed by atoms with Crippen LogP contribution in [-0.4, -0.2) is 30.2 Å². The van der Waals surface area contributed by atoms with Crippen molar-refractivity contribution in [2.45, 2.75) is 38.1 Å². The van der Waals surface area contributed by atoms with E-state index in [1.807, 2.05) is 0 Å². The third-order valence-electron chi connectivity index (χ3n) is 3.83. The molecule has 0 atom stereocenters. The molecule has 0 aromatic carbocycles. The maximum atomic E-state index is 3.92. The van der Waals surface area contributed by atoms with Crippen molar-refractivity contribution in [3.63, 3.8) is 0 Å². The zero-order valence-corrected chi connectivity index (χ0v) is 10.5. The lowest BCUT2D eigenvalue weighted by atomic mass is 9.92. The molecule has 0 spiro atoms. The van der Waals surface area contributed by atoms with E-state index in [0.717, 1.165) is 30.2 Å². The Labute approximate surface area is 101 Å². The van der Waals surface area contributed by atoms with Crippen LogP contribution in [0.25, 0.3) is 0 Å². The molecule has 1 aliphatic carbocycles. The van der Waals surface area contributed by atoms with Crippen molar-refractivity contribution in [1.82, 2.24) is 0 Å². The molecule has 90 valence electrons. The molecule has 0 N–H and O–H groups in total. The second kappa shape index (κ2) is 6.70. The molecule has 1 fully saturated rings. The Hall–Kier alpha value is -0.820. The third-order valence-corrected chi connectivity index (χ3v) is 3.83. The molecule has 0 amide bonds. The van der Waals surface area contributed by atoms with E-state index >= 15 is 0 Å². The maximum Gasteiger partial charge on any atom is 0.0978 e. The van der Waals surface area contributed by atoms with Crippen LogP contribution in [-0.2, 0) is 0 Å². The highest BCUT2D eigenvalue weighted by Crippen LogP contribution is 2.28. The molecule has 1 saturated carbocycles. The van der Waals surface area contributed by atoms with E-state index in [0.29, 0.717) is 0 Å². The van der Waals surface area contributed by atoms with Gasteiger partial charge < -0.3 is 4.48 Å². The number of quaternary nitrogens is 1. The predicted octanol–water partition coefficient (Wildman–Crippen LogP) is 3.69. The molecule has 1 aliphatic rings. The van der Waals surface area contributed by atoms with E-state index in [2.05, 4.69) is 38.0 Å². The van der Waals surface area contributed by atoms with Gasteiger partial charge in [0, 0.05) is 0 Å². The zero-order chi connectivity index (χ0) is 11.9. The lowest BCUT2D eigenvalue weighted by Crippen LogP contribution is -2.56. The van der Waals surface area contributed by atoms with Crippen LogP contribution in [0.4, 0.5) is 0 Å². The second-order valence-corrected chi connectivity index (χ2v) is 4.92. The van der Waals surface area contributed by atoms with Gasteiger partial charge in [0.05, 0.1) is 25.7 Å². The Balaban J connectivity index is 2.82. The van der Waals surface area contributed by atoms with Crippen molar-refractivity contribution >= 4 is 0 Å². The molecular formula is C15H26N+. The van der Waals surface area contributed by atoms with Crippen LogP contribution in [0.5, 0.6) is 0 Å². The maximum absolute atomic E-state index is 3.92. The van der Waals surface area contributed by atoms with Crippen LogP contribution in [0.1, 0.15) is 32.1 Å². The first-order valence-corrected chi connectivity index (χ1v) is 6.47. The summed E-state index contributed by atoms with van der Waals surface area (Å²) in [6.07, 6.45) is 13.1. The molecule has 0 aliphatic heterocycles. The van der Waals surface area contributed by atoms with Gasteiger partial charge in [0.1, 0.15) is 0 Å². The number of rotatable bonds is 7. The Morgan fingerprint density at radius 1 is 0.812 bits per heavy atom. The van der Waals surface area contributed by atoms with Gasteiger partial charge in [-0.3, -0.25) is 0 Å². The summed E-state index contributed by atoms with van der Waals surface area (Å²) in [6.45, 7) is 14.9. The summed E-state index contributed by atoms with van der Waals surface area (Å²) in [5.41, 5.74) is 0. The Bertz CT molecular complexity index is 209. The fraction of sp³-hybridized carbons (Fsp3) is 0.600. The second-order valence-electron chi connectivity index (χ2n) is 4.92. The zero-order valence-electron chi connectivity index (χ0n) is 10.5. The monoisotopic (exact) mass is 220 g/mol. The highest BCUT2D eigenvalue weighted by Gasteiger charge is 2.34. The van der Waals surface area contributed by atoms with Gasteiger partial charge in [-0.1, -0.05) is 26.2 Å². The lowest BCUT2D eigenvalue weighted by Gasteiger charge is -2.45. The summed E-state index contributed by atoms with van der Waals surface area (Å²) in [5, 5.41) is 0. The Kier molecular flexibility index (Phi) is 5.54. The highest BCUT2D eigenvalue weighted by molar-refractivity contribution is 4.80. The van der Waals surface area contributed by atoms with E-state index in [1.165, 1.54) is 32.1 Å². The van der Waals surface area contributed by atoms with Crippen LogP contribution >= 0.6 is 0 Å². The van der Waals surface area contributed by atoms with Crippen molar-refractivity contribution in [3.8, 4) is 0 Å². The van der Waals surface area contributed by atoms with Crippen molar-refractivity contribution in [3.05, 3.63) is 38.0 Å². The molecule has 0 aromatic heterocycles. The molecule has 0 unspecified atom stereocenters. The van der Waals surface area contributed by atoms with E-state index in [4.69, 9.17) is 0 Å². The van der Waals surface area contributed by atoms with Crippen molar-refractivity contribution in [2.75, 3.05) is 19.6 Å². The van der Waals surface area contributed by atoms with Gasteiger partial charge in [0.15, 0.2) is 0 Å². The molecule has 1 nitrogen and oxygen atoms in total.